The Morgan fingerprint density at radius 1 is 0.958 bits per heavy atom. The van der Waals surface area contributed by atoms with Crippen LogP contribution in [0.5, 0.6) is 0 Å². The molecule has 0 spiro atoms. The first kappa shape index (κ1) is 15.2. The Morgan fingerprint density at radius 3 is 2.50 bits per heavy atom. The van der Waals surface area contributed by atoms with Crippen molar-refractivity contribution in [2.75, 3.05) is 13.6 Å². The first-order valence-corrected chi connectivity index (χ1v) is 8.67. The molecule has 2 nitrogen and oxygen atoms in total. The molecular weight excluding hydrogens is 292 g/mol. The minimum absolute atomic E-state index is 1.04. The fraction of sp³-hybridized carbons (Fsp3) is 0.273. The van der Waals surface area contributed by atoms with E-state index in [4.69, 9.17) is 0 Å². The van der Waals surface area contributed by atoms with Crippen LogP contribution >= 0.6 is 0 Å². The summed E-state index contributed by atoms with van der Waals surface area (Å²) in [6.45, 7) is 6.47. The van der Waals surface area contributed by atoms with Gasteiger partial charge in [-0.15, -0.1) is 0 Å². The van der Waals surface area contributed by atoms with Gasteiger partial charge in [0.05, 0.1) is 5.52 Å². The topological polar surface area (TPSA) is 8.17 Å². The fourth-order valence-corrected chi connectivity index (χ4v) is 3.65. The molecule has 0 atom stereocenters. The van der Waals surface area contributed by atoms with Crippen LogP contribution in [0.4, 0.5) is 0 Å². The Kier molecular flexibility index (Phi) is 3.78. The summed E-state index contributed by atoms with van der Waals surface area (Å²) in [6, 6.07) is 15.5. The highest BCUT2D eigenvalue weighted by atomic mass is 15.1. The number of fused-ring (bicyclic) bond motifs is 3. The van der Waals surface area contributed by atoms with E-state index in [1.54, 1.807) is 0 Å². The highest BCUT2D eigenvalue weighted by molar-refractivity contribution is 5.89. The van der Waals surface area contributed by atoms with Gasteiger partial charge in [0.15, 0.2) is 0 Å². The molecule has 0 fully saturated rings. The van der Waals surface area contributed by atoms with E-state index >= 15 is 0 Å². The predicted molar refractivity (Wildman–Crippen MR) is 103 cm³/mol. The van der Waals surface area contributed by atoms with Crippen molar-refractivity contribution >= 4 is 23.2 Å². The van der Waals surface area contributed by atoms with Gasteiger partial charge < -0.3 is 9.47 Å². The standard InChI is InChI=1S/C22H24N2/c1-16-4-7-18(8-5-16)10-13-24-21-9-6-17(2)14-19(21)20-15-23(3)12-11-22(20)24/h4-10,13-14H,11-12,15H2,1-3H3/b13-10-. The summed E-state index contributed by atoms with van der Waals surface area (Å²) in [7, 11) is 2.21. The third-order valence-corrected chi connectivity index (χ3v) is 5.03. The van der Waals surface area contributed by atoms with Gasteiger partial charge in [-0.2, -0.15) is 0 Å². The molecule has 1 aromatic heterocycles. The Hall–Kier alpha value is -2.32. The highest BCUT2D eigenvalue weighted by Crippen LogP contribution is 2.31. The van der Waals surface area contributed by atoms with Gasteiger partial charge in [-0.3, -0.25) is 0 Å². The van der Waals surface area contributed by atoms with E-state index in [0.29, 0.717) is 0 Å². The van der Waals surface area contributed by atoms with Crippen molar-refractivity contribution in [3.05, 3.63) is 70.4 Å². The van der Waals surface area contributed by atoms with E-state index in [0.717, 1.165) is 19.5 Å². The zero-order chi connectivity index (χ0) is 16.7. The van der Waals surface area contributed by atoms with Crippen molar-refractivity contribution in [2.24, 2.45) is 0 Å². The van der Waals surface area contributed by atoms with Crippen LogP contribution in [0.3, 0.4) is 0 Å². The summed E-state index contributed by atoms with van der Waals surface area (Å²) in [6.07, 6.45) is 5.57. The number of likely N-dealkylation sites (N-methyl/N-ethyl adjacent to an activating group) is 1. The first-order chi connectivity index (χ1) is 11.6. The molecule has 1 aliphatic heterocycles. The van der Waals surface area contributed by atoms with Crippen LogP contribution < -0.4 is 0 Å². The van der Waals surface area contributed by atoms with Gasteiger partial charge in [-0.05, 0) is 50.2 Å². The lowest BCUT2D eigenvalue weighted by Gasteiger charge is -2.23. The van der Waals surface area contributed by atoms with Crippen molar-refractivity contribution in [1.29, 1.82) is 0 Å². The van der Waals surface area contributed by atoms with Gasteiger partial charge >= 0.3 is 0 Å². The molecule has 1 aliphatic rings. The normalized spacial score (nSPS) is 15.3. The minimum atomic E-state index is 1.04. The molecule has 0 unspecified atom stereocenters. The zero-order valence-electron chi connectivity index (χ0n) is 14.7. The van der Waals surface area contributed by atoms with Gasteiger partial charge in [0, 0.05) is 36.8 Å². The molecule has 24 heavy (non-hydrogen) atoms. The zero-order valence-corrected chi connectivity index (χ0v) is 14.7. The lowest BCUT2D eigenvalue weighted by molar-refractivity contribution is 0.312. The lowest BCUT2D eigenvalue weighted by atomic mass is 10.0. The largest absolute Gasteiger partial charge is 0.320 e. The molecule has 122 valence electrons. The molecule has 4 rings (SSSR count). The van der Waals surface area contributed by atoms with Crippen LogP contribution in [-0.2, 0) is 13.0 Å². The molecule has 0 radical (unpaired) electrons. The molecule has 2 heteroatoms. The van der Waals surface area contributed by atoms with Crippen molar-refractivity contribution in [3.63, 3.8) is 0 Å². The summed E-state index contributed by atoms with van der Waals surface area (Å²) >= 11 is 0. The maximum Gasteiger partial charge on any atom is 0.0528 e. The molecule has 2 heterocycles. The molecular formula is C22H24N2. The quantitative estimate of drug-likeness (QED) is 0.654. The number of rotatable bonds is 2. The Balaban J connectivity index is 1.84. The summed E-state index contributed by atoms with van der Waals surface area (Å²) < 4.78 is 2.40. The number of aromatic nitrogens is 1. The third kappa shape index (κ3) is 2.67. The van der Waals surface area contributed by atoms with E-state index in [1.165, 1.54) is 38.9 Å². The SMILES string of the molecule is Cc1ccc(/C=C\n2c3c(c4cc(C)ccc42)CN(C)CC3)cc1. The maximum atomic E-state index is 2.41. The molecule has 0 amide bonds. The predicted octanol–water partition coefficient (Wildman–Crippen LogP) is 4.87. The highest BCUT2D eigenvalue weighted by Gasteiger charge is 2.21. The number of aryl methyl sites for hydroxylation is 2. The molecule has 0 N–H and O–H groups in total. The molecule has 0 saturated heterocycles. The molecule has 0 aliphatic carbocycles. The van der Waals surface area contributed by atoms with E-state index in [9.17, 15) is 0 Å². The summed E-state index contributed by atoms with van der Waals surface area (Å²) in [5, 5.41) is 1.41. The van der Waals surface area contributed by atoms with Crippen molar-refractivity contribution in [3.8, 4) is 0 Å². The average Bonchev–Trinajstić information content (AvgIpc) is 2.87. The summed E-state index contributed by atoms with van der Waals surface area (Å²) in [5.41, 5.74) is 8.17. The second-order valence-electron chi connectivity index (χ2n) is 7.03. The molecule has 0 saturated carbocycles. The van der Waals surface area contributed by atoms with Crippen molar-refractivity contribution in [2.45, 2.75) is 26.8 Å². The second kappa shape index (κ2) is 5.95. The van der Waals surface area contributed by atoms with E-state index in [2.05, 4.69) is 85.1 Å². The minimum Gasteiger partial charge on any atom is -0.320 e. The number of nitrogens with zero attached hydrogens (tertiary/aromatic N) is 2. The van der Waals surface area contributed by atoms with E-state index < -0.39 is 0 Å². The van der Waals surface area contributed by atoms with Crippen molar-refractivity contribution in [1.82, 2.24) is 9.47 Å². The van der Waals surface area contributed by atoms with E-state index in [-0.39, 0.29) is 0 Å². The monoisotopic (exact) mass is 316 g/mol. The number of benzene rings is 2. The molecule has 2 aromatic carbocycles. The summed E-state index contributed by atoms with van der Waals surface area (Å²) in [5.74, 6) is 0. The maximum absolute atomic E-state index is 2.41. The average molecular weight is 316 g/mol. The van der Waals surface area contributed by atoms with Crippen LogP contribution in [0.15, 0.2) is 42.5 Å². The fourth-order valence-electron chi connectivity index (χ4n) is 3.65. The summed E-state index contributed by atoms with van der Waals surface area (Å²) in [4.78, 5) is 2.41. The third-order valence-electron chi connectivity index (χ3n) is 5.03. The van der Waals surface area contributed by atoms with Crippen LogP contribution in [0, 0.1) is 13.8 Å². The lowest BCUT2D eigenvalue weighted by Crippen LogP contribution is -2.26. The van der Waals surface area contributed by atoms with E-state index in [1.807, 2.05) is 0 Å². The van der Waals surface area contributed by atoms with Gasteiger partial charge in [0.25, 0.3) is 0 Å². The Morgan fingerprint density at radius 2 is 1.71 bits per heavy atom. The van der Waals surface area contributed by atoms with Crippen molar-refractivity contribution < 1.29 is 0 Å². The smallest absolute Gasteiger partial charge is 0.0528 e. The van der Waals surface area contributed by atoms with Gasteiger partial charge in [0.2, 0.25) is 0 Å². The van der Waals surface area contributed by atoms with Crippen LogP contribution in [0.25, 0.3) is 23.2 Å². The molecule has 0 bridgehead atoms. The van der Waals surface area contributed by atoms with Crippen LogP contribution in [-0.4, -0.2) is 23.1 Å². The first-order valence-electron chi connectivity index (χ1n) is 8.67. The second-order valence-corrected chi connectivity index (χ2v) is 7.03. The van der Waals surface area contributed by atoms with Gasteiger partial charge in [-0.1, -0.05) is 41.5 Å². The van der Waals surface area contributed by atoms with Gasteiger partial charge in [0.1, 0.15) is 0 Å². The Bertz CT molecular complexity index is 913. The van der Waals surface area contributed by atoms with Gasteiger partial charge in [-0.25, -0.2) is 0 Å². The Labute approximate surface area is 144 Å². The van der Waals surface area contributed by atoms with Crippen LogP contribution in [0.1, 0.15) is 27.9 Å². The number of hydrogen-bond acceptors (Lipinski definition) is 1. The number of hydrogen-bond donors (Lipinski definition) is 0. The molecule has 3 aromatic rings. The van der Waals surface area contributed by atoms with Crippen LogP contribution in [0.2, 0.25) is 0 Å².